The Labute approximate surface area is 107 Å². The largest absolute Gasteiger partial charge is 0.256 e. The van der Waals surface area contributed by atoms with Crippen LogP contribution in [0.1, 0.15) is 41.0 Å². The van der Waals surface area contributed by atoms with Crippen molar-refractivity contribution in [1.82, 2.24) is 0 Å². The van der Waals surface area contributed by atoms with Crippen molar-refractivity contribution in [3.63, 3.8) is 0 Å². The van der Waals surface area contributed by atoms with Crippen LogP contribution in [0.2, 0.25) is 0 Å². The predicted molar refractivity (Wildman–Crippen MR) is 64.5 cm³/mol. The summed E-state index contributed by atoms with van der Waals surface area (Å²) >= 11 is 0. The van der Waals surface area contributed by atoms with Crippen LogP contribution in [0, 0.1) is 39.4 Å². The maximum Gasteiger partial charge on any atom is 0.256 e. The maximum absolute atomic E-state index is 12.1. The van der Waals surface area contributed by atoms with Crippen molar-refractivity contribution < 1.29 is 13.2 Å². The summed E-state index contributed by atoms with van der Waals surface area (Å²) in [5.41, 5.74) is -2.22. The third kappa shape index (κ3) is 5.40. The number of nitriles is 2. The van der Waals surface area contributed by atoms with E-state index in [0.29, 0.717) is 6.42 Å². The second-order valence-corrected chi connectivity index (χ2v) is 5.01. The number of hydrogen-bond acceptors (Lipinski definition) is 2. The van der Waals surface area contributed by atoms with Gasteiger partial charge in [0.15, 0.2) is 0 Å². The van der Waals surface area contributed by atoms with Gasteiger partial charge in [0.05, 0.1) is 17.6 Å². The highest BCUT2D eigenvalue weighted by Crippen LogP contribution is 2.32. The van der Waals surface area contributed by atoms with Crippen molar-refractivity contribution in [3.8, 4) is 12.1 Å². The molecule has 0 aliphatic rings. The molecule has 0 radical (unpaired) electrons. The van der Waals surface area contributed by atoms with Crippen LogP contribution in [0.15, 0.2) is 0 Å². The number of rotatable bonds is 4. The molecule has 0 saturated heterocycles. The van der Waals surface area contributed by atoms with Crippen LogP contribution in [0.3, 0.4) is 0 Å². The minimum atomic E-state index is -2.56. The molecule has 0 aromatic heterocycles. The fourth-order valence-electron chi connectivity index (χ4n) is 0.633. The van der Waals surface area contributed by atoms with E-state index in [1.54, 1.807) is 26.8 Å². The molecule has 5 heteroatoms. The fourth-order valence-corrected chi connectivity index (χ4v) is 0.633. The van der Waals surface area contributed by atoms with Crippen molar-refractivity contribution in [2.75, 3.05) is 6.67 Å². The van der Waals surface area contributed by atoms with Gasteiger partial charge in [0.1, 0.15) is 12.1 Å². The molecule has 18 heavy (non-hydrogen) atoms. The number of hydrogen-bond donors (Lipinski definition) is 0. The van der Waals surface area contributed by atoms with Crippen LogP contribution in [0.25, 0.3) is 0 Å². The predicted octanol–water partition coefficient (Wildman–Crippen LogP) is 4.33. The van der Waals surface area contributed by atoms with Crippen molar-refractivity contribution in [1.29, 1.82) is 10.5 Å². The molecule has 104 valence electrons. The van der Waals surface area contributed by atoms with E-state index in [-0.39, 0.29) is 5.92 Å². The third-order valence-electron chi connectivity index (χ3n) is 3.24. The first-order valence-electron chi connectivity index (χ1n) is 5.80. The van der Waals surface area contributed by atoms with Crippen molar-refractivity contribution >= 4 is 0 Å². The zero-order valence-electron chi connectivity index (χ0n) is 11.6. The lowest BCUT2D eigenvalue weighted by Gasteiger charge is -2.24. The van der Waals surface area contributed by atoms with Crippen LogP contribution in [-0.4, -0.2) is 13.1 Å². The van der Waals surface area contributed by atoms with Crippen molar-refractivity contribution in [2.24, 2.45) is 16.7 Å². The summed E-state index contributed by atoms with van der Waals surface area (Å²) in [4.78, 5) is 0. The Morgan fingerprint density at radius 3 is 1.56 bits per heavy atom. The van der Waals surface area contributed by atoms with E-state index in [0.717, 1.165) is 0 Å². The van der Waals surface area contributed by atoms with E-state index in [2.05, 4.69) is 0 Å². The number of alkyl halides is 3. The van der Waals surface area contributed by atoms with Gasteiger partial charge in [-0.3, -0.25) is 0 Å². The first-order chi connectivity index (χ1) is 8.13. The summed E-state index contributed by atoms with van der Waals surface area (Å²) in [5.74, 6) is -0.308. The quantitative estimate of drug-likeness (QED) is 0.756. The Morgan fingerprint density at radius 1 is 1.11 bits per heavy atom. The molecule has 0 heterocycles. The standard InChI is InChI=1S/C7H11F2N.C6H10FN/c1-5(2)7(3,4-10)6(8)9;1-3-6(2,4-7)5-8/h5-6H,1-3H3;3-4H2,1-2H3. The Balaban J connectivity index is 0. The second-order valence-electron chi connectivity index (χ2n) is 5.01. The molecule has 2 nitrogen and oxygen atoms in total. The molecule has 0 bridgehead atoms. The highest BCUT2D eigenvalue weighted by molar-refractivity contribution is 4.99. The third-order valence-corrected chi connectivity index (χ3v) is 3.24. The lowest BCUT2D eigenvalue weighted by molar-refractivity contribution is 0.0155. The van der Waals surface area contributed by atoms with Gasteiger partial charge in [0.25, 0.3) is 6.43 Å². The molecular formula is C13H21F3N2. The first-order valence-corrected chi connectivity index (χ1v) is 5.80. The first kappa shape index (κ1) is 19.1. The summed E-state index contributed by atoms with van der Waals surface area (Å²) in [5, 5.41) is 16.7. The van der Waals surface area contributed by atoms with Gasteiger partial charge in [-0.25, -0.2) is 13.2 Å². The van der Waals surface area contributed by atoms with E-state index < -0.39 is 23.9 Å². The average Bonchev–Trinajstić information content (AvgIpc) is 2.36. The van der Waals surface area contributed by atoms with E-state index in [1.807, 2.05) is 13.0 Å². The Hall–Kier alpha value is -1.23. The summed E-state index contributed by atoms with van der Waals surface area (Å²) in [6.45, 7) is 7.41. The highest BCUT2D eigenvalue weighted by atomic mass is 19.3. The molecule has 0 aromatic rings. The molecule has 0 N–H and O–H groups in total. The molecule has 2 atom stereocenters. The van der Waals surface area contributed by atoms with Crippen LogP contribution < -0.4 is 0 Å². The van der Waals surface area contributed by atoms with Crippen molar-refractivity contribution in [2.45, 2.75) is 47.5 Å². The topological polar surface area (TPSA) is 47.6 Å². The number of halogens is 3. The molecule has 0 aliphatic heterocycles. The molecule has 0 fully saturated rings. The van der Waals surface area contributed by atoms with Crippen molar-refractivity contribution in [3.05, 3.63) is 0 Å². The number of nitrogens with zero attached hydrogens (tertiary/aromatic N) is 2. The summed E-state index contributed by atoms with van der Waals surface area (Å²) in [6, 6.07) is 3.53. The zero-order valence-corrected chi connectivity index (χ0v) is 11.6. The molecule has 0 saturated carbocycles. The molecule has 0 amide bonds. The van der Waals surface area contributed by atoms with Gasteiger partial charge in [0.2, 0.25) is 0 Å². The molecular weight excluding hydrogens is 241 g/mol. The van der Waals surface area contributed by atoms with Gasteiger partial charge in [0, 0.05) is 0 Å². The Kier molecular flexibility index (Phi) is 8.47. The molecule has 0 rings (SSSR count). The average molecular weight is 262 g/mol. The minimum absolute atomic E-state index is 0.308. The van der Waals surface area contributed by atoms with E-state index >= 15 is 0 Å². The van der Waals surface area contributed by atoms with E-state index in [9.17, 15) is 13.2 Å². The highest BCUT2D eigenvalue weighted by Gasteiger charge is 2.38. The van der Waals surface area contributed by atoms with Crippen LogP contribution in [0.5, 0.6) is 0 Å². The summed E-state index contributed by atoms with van der Waals surface area (Å²) in [6.07, 6.45) is -1.97. The van der Waals surface area contributed by atoms with E-state index in [1.165, 1.54) is 6.92 Å². The molecule has 0 aliphatic carbocycles. The van der Waals surface area contributed by atoms with Gasteiger partial charge in [-0.05, 0) is 26.2 Å². The van der Waals surface area contributed by atoms with Gasteiger partial charge in [-0.1, -0.05) is 20.8 Å². The lowest BCUT2D eigenvalue weighted by atomic mass is 9.81. The Bertz CT molecular complexity index is 301. The smallest absolute Gasteiger partial charge is 0.249 e. The Morgan fingerprint density at radius 2 is 1.56 bits per heavy atom. The SMILES string of the molecule is CC(C)C(C)(C#N)C(F)F.CCC(C)(C#N)CF. The van der Waals surface area contributed by atoms with Crippen LogP contribution in [-0.2, 0) is 0 Å². The van der Waals surface area contributed by atoms with Gasteiger partial charge in [-0.2, -0.15) is 10.5 Å². The normalized spacial score (nSPS) is 16.9. The zero-order chi connectivity index (χ0) is 15.0. The van der Waals surface area contributed by atoms with Gasteiger partial charge < -0.3 is 0 Å². The molecule has 0 aromatic carbocycles. The minimum Gasteiger partial charge on any atom is -0.249 e. The summed E-state index contributed by atoms with van der Waals surface area (Å²) < 4.78 is 36.0. The maximum atomic E-state index is 12.1. The van der Waals surface area contributed by atoms with Gasteiger partial charge >= 0.3 is 0 Å². The lowest BCUT2D eigenvalue weighted by Crippen LogP contribution is -2.29. The summed E-state index contributed by atoms with van der Waals surface area (Å²) in [7, 11) is 0. The fraction of sp³-hybridized carbons (Fsp3) is 0.846. The van der Waals surface area contributed by atoms with E-state index in [4.69, 9.17) is 10.5 Å². The monoisotopic (exact) mass is 262 g/mol. The molecule has 0 spiro atoms. The second kappa shape index (κ2) is 7.97. The van der Waals surface area contributed by atoms with Crippen LogP contribution in [0.4, 0.5) is 13.2 Å². The van der Waals surface area contributed by atoms with Crippen LogP contribution >= 0.6 is 0 Å². The van der Waals surface area contributed by atoms with Gasteiger partial charge in [-0.15, -0.1) is 0 Å². The molecule has 2 unspecified atom stereocenters.